The third kappa shape index (κ3) is 5.30. The smallest absolute Gasteiger partial charge is 0.316 e. The van der Waals surface area contributed by atoms with Gasteiger partial charge in [-0.1, -0.05) is 78.9 Å². The Labute approximate surface area is 225 Å². The van der Waals surface area contributed by atoms with E-state index < -0.39 is 11.5 Å². The summed E-state index contributed by atoms with van der Waals surface area (Å²) in [6.45, 7) is 5.03. The number of aromatic nitrogens is 2. The summed E-state index contributed by atoms with van der Waals surface area (Å²) in [4.78, 5) is 12.4. The SMILES string of the molecule is CCOC(=O)C1(c2ccc(-c3ccc(-c4cnn(CC)c4C(O)CCCc4ccccc4)cc3)cc2)CC1. The highest BCUT2D eigenvalue weighted by atomic mass is 16.5. The topological polar surface area (TPSA) is 64.3 Å². The van der Waals surface area contributed by atoms with Gasteiger partial charge in [0.15, 0.2) is 0 Å². The Bertz CT molecular complexity index is 1350. The summed E-state index contributed by atoms with van der Waals surface area (Å²) in [6, 6.07) is 27.1. The Morgan fingerprint density at radius 2 is 1.58 bits per heavy atom. The number of carbonyl (C=O) groups is 1. The van der Waals surface area contributed by atoms with Gasteiger partial charge >= 0.3 is 5.97 Å². The highest BCUT2D eigenvalue weighted by molar-refractivity contribution is 5.87. The average molecular weight is 509 g/mol. The number of carbonyl (C=O) groups excluding carboxylic acids is 1. The van der Waals surface area contributed by atoms with Crippen LogP contribution in [0.3, 0.4) is 0 Å². The van der Waals surface area contributed by atoms with Gasteiger partial charge in [0.05, 0.1) is 30.0 Å². The van der Waals surface area contributed by atoms with Crippen molar-refractivity contribution in [2.45, 2.75) is 64.0 Å². The standard InChI is InChI=1S/C33H36N2O3/c1-3-35-31(30(36)12-8-11-24-9-6-5-7-10-24)29(23-34-35)27-15-13-25(14-16-27)26-17-19-28(20-18-26)33(21-22-33)32(37)38-4-2/h5-7,9-10,13-20,23,30,36H,3-4,8,11-12,21-22H2,1-2H3. The molecule has 3 aromatic carbocycles. The Balaban J connectivity index is 1.30. The molecule has 38 heavy (non-hydrogen) atoms. The van der Waals surface area contributed by atoms with Gasteiger partial charge in [0.2, 0.25) is 0 Å². The number of hydrogen-bond donors (Lipinski definition) is 1. The summed E-state index contributed by atoms with van der Waals surface area (Å²) >= 11 is 0. The highest BCUT2D eigenvalue weighted by Gasteiger charge is 2.52. The molecule has 5 rings (SSSR count). The van der Waals surface area contributed by atoms with Gasteiger partial charge in [0.25, 0.3) is 0 Å². The minimum absolute atomic E-state index is 0.109. The van der Waals surface area contributed by atoms with Crippen LogP contribution in [0.25, 0.3) is 22.3 Å². The Morgan fingerprint density at radius 1 is 0.947 bits per heavy atom. The molecule has 196 valence electrons. The van der Waals surface area contributed by atoms with Crippen LogP contribution in [0.1, 0.15) is 62.5 Å². The van der Waals surface area contributed by atoms with E-state index in [1.807, 2.05) is 23.9 Å². The first-order valence-corrected chi connectivity index (χ1v) is 13.7. The first-order chi connectivity index (χ1) is 18.6. The normalized spacial score (nSPS) is 14.7. The quantitative estimate of drug-likeness (QED) is 0.224. The van der Waals surface area contributed by atoms with Crippen LogP contribution in [0.2, 0.25) is 0 Å². The van der Waals surface area contributed by atoms with E-state index in [2.05, 4.69) is 84.8 Å². The number of nitrogens with zero attached hydrogens (tertiary/aromatic N) is 2. The van der Waals surface area contributed by atoms with E-state index in [1.165, 1.54) is 5.56 Å². The molecule has 1 unspecified atom stereocenters. The zero-order valence-corrected chi connectivity index (χ0v) is 22.3. The molecule has 1 heterocycles. The lowest BCUT2D eigenvalue weighted by Gasteiger charge is -2.16. The van der Waals surface area contributed by atoms with Gasteiger partial charge in [0.1, 0.15) is 0 Å². The lowest BCUT2D eigenvalue weighted by Crippen LogP contribution is -2.23. The third-order valence-electron chi connectivity index (χ3n) is 7.66. The van der Waals surface area contributed by atoms with Crippen molar-refractivity contribution in [2.75, 3.05) is 6.61 Å². The molecule has 1 fully saturated rings. The van der Waals surface area contributed by atoms with Gasteiger partial charge in [-0.05, 0) is 73.8 Å². The summed E-state index contributed by atoms with van der Waals surface area (Å²) in [5, 5.41) is 15.7. The maximum Gasteiger partial charge on any atom is 0.316 e. The molecule has 5 nitrogen and oxygen atoms in total. The molecule has 0 saturated heterocycles. The summed E-state index contributed by atoms with van der Waals surface area (Å²) in [5.74, 6) is -0.109. The fraction of sp³-hybridized carbons (Fsp3) is 0.333. The molecule has 0 bridgehead atoms. The molecular formula is C33H36N2O3. The first kappa shape index (κ1) is 25.9. The van der Waals surface area contributed by atoms with Crippen molar-refractivity contribution in [3.05, 3.63) is 102 Å². The predicted octanol–water partition coefficient (Wildman–Crippen LogP) is 6.89. The maximum absolute atomic E-state index is 12.4. The van der Waals surface area contributed by atoms with Crippen LogP contribution in [-0.2, 0) is 27.9 Å². The van der Waals surface area contributed by atoms with Gasteiger partial charge in [-0.3, -0.25) is 9.48 Å². The van der Waals surface area contributed by atoms with Gasteiger partial charge in [-0.25, -0.2) is 0 Å². The molecule has 1 N–H and O–H groups in total. The molecule has 0 spiro atoms. The largest absolute Gasteiger partial charge is 0.465 e. The number of aliphatic hydroxyl groups is 1. The Morgan fingerprint density at radius 3 is 2.18 bits per heavy atom. The van der Waals surface area contributed by atoms with Gasteiger partial charge in [-0.15, -0.1) is 0 Å². The van der Waals surface area contributed by atoms with Crippen LogP contribution in [0, 0.1) is 0 Å². The maximum atomic E-state index is 12.4. The van der Waals surface area contributed by atoms with E-state index in [-0.39, 0.29) is 5.97 Å². The van der Waals surface area contributed by atoms with Crippen LogP contribution in [0.5, 0.6) is 0 Å². The summed E-state index contributed by atoms with van der Waals surface area (Å²) < 4.78 is 7.22. The summed E-state index contributed by atoms with van der Waals surface area (Å²) in [7, 11) is 0. The average Bonchev–Trinajstić information content (AvgIpc) is 3.66. The molecule has 0 aliphatic heterocycles. The molecule has 1 saturated carbocycles. The molecule has 1 atom stereocenters. The Hall–Kier alpha value is -3.70. The monoisotopic (exact) mass is 508 g/mol. The number of benzene rings is 3. The molecule has 0 amide bonds. The van der Waals surface area contributed by atoms with Gasteiger partial charge in [0, 0.05) is 12.1 Å². The van der Waals surface area contributed by atoms with Crippen LogP contribution < -0.4 is 0 Å². The molecule has 5 heteroatoms. The van der Waals surface area contributed by atoms with Gasteiger partial charge < -0.3 is 9.84 Å². The number of hydrogen-bond acceptors (Lipinski definition) is 4. The number of aryl methyl sites for hydroxylation is 2. The zero-order valence-electron chi connectivity index (χ0n) is 22.3. The van der Waals surface area contributed by atoms with Crippen molar-refractivity contribution in [3.63, 3.8) is 0 Å². The number of ether oxygens (including phenoxy) is 1. The van der Waals surface area contributed by atoms with Crippen LogP contribution in [0.4, 0.5) is 0 Å². The molecule has 1 aromatic heterocycles. The molecule has 4 aromatic rings. The lowest BCUT2D eigenvalue weighted by atomic mass is 9.93. The van der Waals surface area contributed by atoms with E-state index in [9.17, 15) is 9.90 Å². The van der Waals surface area contributed by atoms with Crippen molar-refractivity contribution >= 4 is 5.97 Å². The third-order valence-corrected chi connectivity index (χ3v) is 7.66. The van der Waals surface area contributed by atoms with Crippen molar-refractivity contribution in [1.29, 1.82) is 0 Å². The lowest BCUT2D eigenvalue weighted by molar-refractivity contribution is -0.146. The molecular weight excluding hydrogens is 472 g/mol. The molecule has 1 aliphatic rings. The minimum Gasteiger partial charge on any atom is -0.465 e. The number of esters is 1. The van der Waals surface area contributed by atoms with Crippen LogP contribution in [-0.4, -0.2) is 27.5 Å². The molecule has 0 radical (unpaired) electrons. The highest BCUT2D eigenvalue weighted by Crippen LogP contribution is 2.49. The Kier molecular flexibility index (Phi) is 7.75. The zero-order chi connectivity index (χ0) is 26.5. The van der Waals surface area contributed by atoms with Crippen LogP contribution in [0.15, 0.2) is 85.1 Å². The van der Waals surface area contributed by atoms with Crippen molar-refractivity contribution in [2.24, 2.45) is 0 Å². The van der Waals surface area contributed by atoms with E-state index in [0.29, 0.717) is 19.6 Å². The van der Waals surface area contributed by atoms with Crippen molar-refractivity contribution < 1.29 is 14.6 Å². The minimum atomic E-state index is -0.572. The van der Waals surface area contributed by atoms with E-state index in [1.54, 1.807) is 0 Å². The molecule has 1 aliphatic carbocycles. The number of rotatable bonds is 11. The fourth-order valence-corrected chi connectivity index (χ4v) is 5.33. The van der Waals surface area contributed by atoms with Crippen molar-refractivity contribution in [1.82, 2.24) is 9.78 Å². The second-order valence-corrected chi connectivity index (χ2v) is 10.1. The van der Waals surface area contributed by atoms with Crippen LogP contribution >= 0.6 is 0 Å². The second-order valence-electron chi connectivity index (χ2n) is 10.1. The second kappa shape index (κ2) is 11.4. The van der Waals surface area contributed by atoms with Crippen molar-refractivity contribution in [3.8, 4) is 22.3 Å². The van der Waals surface area contributed by atoms with E-state index in [0.717, 1.165) is 59.2 Å². The van der Waals surface area contributed by atoms with E-state index in [4.69, 9.17) is 4.74 Å². The first-order valence-electron chi connectivity index (χ1n) is 13.7. The summed E-state index contributed by atoms with van der Waals surface area (Å²) in [5.41, 5.74) is 6.99. The summed E-state index contributed by atoms with van der Waals surface area (Å²) in [6.07, 6.45) is 5.54. The van der Waals surface area contributed by atoms with Gasteiger partial charge in [-0.2, -0.15) is 5.10 Å². The predicted molar refractivity (Wildman–Crippen MR) is 151 cm³/mol. The number of aliphatic hydroxyl groups excluding tert-OH is 1. The fourth-order valence-electron chi connectivity index (χ4n) is 5.33. The van der Waals surface area contributed by atoms with E-state index >= 15 is 0 Å².